The Morgan fingerprint density at radius 2 is 1.07 bits per heavy atom. The number of rotatable bonds is 8. The van der Waals surface area contributed by atoms with Gasteiger partial charge in [-0.25, -0.2) is 0 Å². The van der Waals surface area contributed by atoms with Crippen LogP contribution in [0, 0.1) is 33.5 Å². The molecule has 0 saturated heterocycles. The maximum Gasteiger partial charge on any atom is 0.102 e. The van der Waals surface area contributed by atoms with Crippen LogP contribution in [0.4, 0.5) is 0 Å². The molecule has 29 heavy (non-hydrogen) atoms. The molecule has 0 radical (unpaired) electrons. The van der Waals surface area contributed by atoms with E-state index in [1.807, 2.05) is 0 Å². The van der Waals surface area contributed by atoms with Gasteiger partial charge in [0.15, 0.2) is 0 Å². The van der Waals surface area contributed by atoms with Crippen LogP contribution in [-0.2, 0) is 9.47 Å². The van der Waals surface area contributed by atoms with Crippen LogP contribution < -0.4 is 0 Å². The van der Waals surface area contributed by atoms with E-state index in [1.54, 1.807) is 0 Å². The van der Waals surface area contributed by atoms with E-state index < -0.39 is 0 Å². The molecule has 0 amide bonds. The zero-order valence-electron chi connectivity index (χ0n) is 20.6. The second-order valence-electron chi connectivity index (χ2n) is 13.3. The van der Waals surface area contributed by atoms with E-state index in [9.17, 15) is 0 Å². The zero-order valence-corrected chi connectivity index (χ0v) is 20.6. The largest absolute Gasteiger partial charge is 0.372 e. The van der Waals surface area contributed by atoms with Crippen molar-refractivity contribution < 1.29 is 14.0 Å². The fourth-order valence-electron chi connectivity index (χ4n) is 7.76. The van der Waals surface area contributed by atoms with Crippen LogP contribution in [0.2, 0.25) is 0 Å². The molecule has 0 aromatic rings. The van der Waals surface area contributed by atoms with Crippen LogP contribution in [0.15, 0.2) is 0 Å². The van der Waals surface area contributed by atoms with E-state index in [0.29, 0.717) is 33.9 Å². The highest BCUT2D eigenvalue weighted by atomic mass is 16.5. The molecule has 4 rings (SSSR count). The summed E-state index contributed by atoms with van der Waals surface area (Å²) in [5.74, 6) is 1.72. The Labute approximate surface area is 180 Å². The van der Waals surface area contributed by atoms with Crippen LogP contribution in [0.3, 0.4) is 0 Å². The summed E-state index contributed by atoms with van der Waals surface area (Å²) in [5, 5.41) is 0. The van der Waals surface area contributed by atoms with Crippen LogP contribution in [0.5, 0.6) is 0 Å². The van der Waals surface area contributed by atoms with Gasteiger partial charge in [0.25, 0.3) is 0 Å². The molecule has 4 bridgehead atoms. The summed E-state index contributed by atoms with van der Waals surface area (Å²) in [6.45, 7) is 18.8. The summed E-state index contributed by atoms with van der Waals surface area (Å²) < 4.78 is 14.0. The molecule has 4 aliphatic carbocycles. The van der Waals surface area contributed by atoms with Crippen molar-refractivity contribution in [3.05, 3.63) is 0 Å². The van der Waals surface area contributed by atoms with Gasteiger partial charge in [0, 0.05) is 0 Å². The van der Waals surface area contributed by atoms with E-state index in [4.69, 9.17) is 9.47 Å². The molecule has 0 aromatic heterocycles. The smallest absolute Gasteiger partial charge is 0.102 e. The summed E-state index contributed by atoms with van der Waals surface area (Å²) in [4.78, 5) is 0. The highest BCUT2D eigenvalue weighted by Gasteiger charge is 2.62. The number of hydrogen-bond donors (Lipinski definition) is 0. The summed E-state index contributed by atoms with van der Waals surface area (Å²) in [6.07, 6.45) is 8.97. The predicted octanol–water partition coefficient (Wildman–Crippen LogP) is 5.53. The fraction of sp³-hybridized carbons (Fsp3) is 1.00. The number of hydrogen-bond acceptors (Lipinski definition) is 2. The van der Waals surface area contributed by atoms with E-state index in [0.717, 1.165) is 42.6 Å². The Kier molecular flexibility index (Phi) is 5.28. The average Bonchev–Trinajstić information content (AvgIpc) is 3.13. The van der Waals surface area contributed by atoms with Gasteiger partial charge in [-0.15, -0.1) is 0 Å². The van der Waals surface area contributed by atoms with Gasteiger partial charge in [0.2, 0.25) is 0 Å². The van der Waals surface area contributed by atoms with E-state index >= 15 is 0 Å². The zero-order chi connectivity index (χ0) is 21.3. The van der Waals surface area contributed by atoms with Gasteiger partial charge >= 0.3 is 0 Å². The van der Waals surface area contributed by atoms with Gasteiger partial charge in [0.1, 0.15) is 13.1 Å². The molecule has 0 N–H and O–H groups in total. The molecule has 4 fully saturated rings. The lowest BCUT2D eigenvalue weighted by Crippen LogP contribution is -2.47. The maximum atomic E-state index is 6.52. The molecule has 3 nitrogen and oxygen atoms in total. The number of ether oxygens (including phenoxy) is 2. The Morgan fingerprint density at radius 1 is 0.690 bits per heavy atom. The van der Waals surface area contributed by atoms with Gasteiger partial charge in [0.05, 0.1) is 39.5 Å². The lowest BCUT2D eigenvalue weighted by molar-refractivity contribution is -0.891. The van der Waals surface area contributed by atoms with E-state index in [2.05, 4.69) is 55.6 Å². The molecular weight excluding hydrogens is 358 g/mol. The molecule has 3 heteroatoms. The Bertz CT molecular complexity index is 574. The van der Waals surface area contributed by atoms with E-state index in [-0.39, 0.29) is 0 Å². The number of quaternary nitrogens is 1. The minimum absolute atomic E-state index is 0.377. The van der Waals surface area contributed by atoms with Crippen LogP contribution in [0.1, 0.15) is 80.1 Å². The van der Waals surface area contributed by atoms with Gasteiger partial charge < -0.3 is 14.0 Å². The highest BCUT2D eigenvalue weighted by Crippen LogP contribution is 2.67. The molecule has 6 atom stereocenters. The van der Waals surface area contributed by atoms with Crippen LogP contribution in [-0.4, -0.2) is 57.1 Å². The molecular formula is C26H48NO2+. The first-order chi connectivity index (χ1) is 13.3. The van der Waals surface area contributed by atoms with Gasteiger partial charge in [-0.1, -0.05) is 41.5 Å². The SMILES string of the molecule is CC1(C)[C@@H]2CC[C@@]1(C)[C@@H](OCC[N+](C)(C)CCO[C@H]1C[C@@H]3CC[C@@]1(C)C3(C)C)C2. The molecule has 4 saturated carbocycles. The third-order valence-corrected chi connectivity index (χ3v) is 11.5. The second kappa shape index (κ2) is 6.94. The number of nitrogens with zero attached hydrogens (tertiary/aromatic N) is 1. The fourth-order valence-corrected chi connectivity index (χ4v) is 7.76. The van der Waals surface area contributed by atoms with Crippen molar-refractivity contribution in [2.24, 2.45) is 33.5 Å². The first kappa shape index (κ1) is 22.1. The standard InChI is InChI=1S/C26H48NO2/c1-23(2)19-9-11-25(23,5)21(17-19)28-15-13-27(7,8)14-16-29-22-18-20-10-12-26(22,6)24(20,3)4/h19-22H,9-18H2,1-8H3/q+1/t19-,20+,21-,22-,25+,26-/m0/s1. The number of likely N-dealkylation sites (N-methyl/N-ethyl adjacent to an activating group) is 1. The second-order valence-corrected chi connectivity index (χ2v) is 13.3. The summed E-state index contributed by atoms with van der Waals surface area (Å²) in [7, 11) is 4.68. The van der Waals surface area contributed by atoms with Crippen molar-refractivity contribution in [3.63, 3.8) is 0 Å². The molecule has 0 heterocycles. The molecule has 0 spiro atoms. The maximum absolute atomic E-state index is 6.52. The van der Waals surface area contributed by atoms with Gasteiger partial charge in [-0.2, -0.15) is 0 Å². The normalized spacial score (nSPS) is 44.7. The van der Waals surface area contributed by atoms with Crippen molar-refractivity contribution in [1.29, 1.82) is 0 Å². The Hall–Kier alpha value is -0.120. The highest BCUT2D eigenvalue weighted by molar-refractivity contribution is 5.12. The lowest BCUT2D eigenvalue weighted by atomic mass is 9.70. The minimum Gasteiger partial charge on any atom is -0.372 e. The average molecular weight is 407 g/mol. The first-order valence-electron chi connectivity index (χ1n) is 12.4. The Balaban J connectivity index is 1.21. The molecule has 4 aliphatic rings. The third-order valence-electron chi connectivity index (χ3n) is 11.5. The lowest BCUT2D eigenvalue weighted by Gasteiger charge is -2.40. The predicted molar refractivity (Wildman–Crippen MR) is 120 cm³/mol. The van der Waals surface area contributed by atoms with Crippen LogP contribution >= 0.6 is 0 Å². The number of fused-ring (bicyclic) bond motifs is 4. The molecule has 168 valence electrons. The van der Waals surface area contributed by atoms with Gasteiger partial charge in [-0.3, -0.25) is 0 Å². The Morgan fingerprint density at radius 3 is 1.34 bits per heavy atom. The summed E-state index contributed by atoms with van der Waals surface area (Å²) in [6, 6.07) is 0. The van der Waals surface area contributed by atoms with Crippen molar-refractivity contribution in [2.45, 2.75) is 92.3 Å². The quantitative estimate of drug-likeness (QED) is 0.494. The minimum atomic E-state index is 0.377. The van der Waals surface area contributed by atoms with Gasteiger partial charge in [-0.05, 0) is 72.0 Å². The monoisotopic (exact) mass is 406 g/mol. The molecule has 0 unspecified atom stereocenters. The van der Waals surface area contributed by atoms with Crippen molar-refractivity contribution in [3.8, 4) is 0 Å². The first-order valence-corrected chi connectivity index (χ1v) is 12.4. The molecule has 0 aromatic carbocycles. The van der Waals surface area contributed by atoms with Crippen molar-refractivity contribution in [2.75, 3.05) is 40.4 Å². The van der Waals surface area contributed by atoms with Crippen molar-refractivity contribution in [1.82, 2.24) is 0 Å². The summed E-state index contributed by atoms with van der Waals surface area (Å²) in [5.41, 5.74) is 1.64. The van der Waals surface area contributed by atoms with Crippen LogP contribution in [0.25, 0.3) is 0 Å². The van der Waals surface area contributed by atoms with E-state index in [1.165, 1.54) is 38.5 Å². The van der Waals surface area contributed by atoms with Crippen molar-refractivity contribution >= 4 is 0 Å². The topological polar surface area (TPSA) is 18.5 Å². The summed E-state index contributed by atoms with van der Waals surface area (Å²) >= 11 is 0. The third kappa shape index (κ3) is 3.24. The molecule has 0 aliphatic heterocycles.